The van der Waals surface area contributed by atoms with Crippen LogP contribution in [0.3, 0.4) is 0 Å². The van der Waals surface area contributed by atoms with E-state index in [1.165, 1.54) is 0 Å². The monoisotopic (exact) mass is 334 g/mol. The molecule has 0 unspecified atom stereocenters. The average molecular weight is 333 g/mol. The van der Waals surface area contributed by atoms with Gasteiger partial charge in [0.05, 0.1) is 6.61 Å². The molecule has 0 aliphatic carbocycles. The van der Waals surface area contributed by atoms with Gasteiger partial charge in [0.1, 0.15) is 18.3 Å². The molecule has 80 valence electrons. The largest absolute Gasteiger partial charge is 0.479 e. The number of hydrogen-bond acceptors (Lipinski definition) is 6. The van der Waals surface area contributed by atoms with Crippen molar-refractivity contribution in [2.24, 2.45) is 0 Å². The van der Waals surface area contributed by atoms with Gasteiger partial charge < -0.3 is 30.6 Å². The zero-order valence-corrected chi connectivity index (χ0v) is 11.8. The van der Waals surface area contributed by atoms with Crippen LogP contribution in [0, 0.1) is 0 Å². The third-order valence-electron chi connectivity index (χ3n) is 1.51. The second-order valence-electron chi connectivity index (χ2n) is 2.51. The van der Waals surface area contributed by atoms with Gasteiger partial charge in [0.2, 0.25) is 0 Å². The molecule has 0 fully saturated rings. The first-order valence-electron chi connectivity index (χ1n) is 3.47. The smallest absolute Gasteiger partial charge is 0.335 e. The molecule has 0 saturated heterocycles. The summed E-state index contributed by atoms with van der Waals surface area (Å²) in [5.41, 5.74) is 0. The van der Waals surface area contributed by atoms with Crippen molar-refractivity contribution in [3.05, 3.63) is 0 Å². The number of rotatable bonds is 5. The Labute approximate surface area is 120 Å². The van der Waals surface area contributed by atoms with Crippen molar-refractivity contribution >= 4 is 54.9 Å². The summed E-state index contributed by atoms with van der Waals surface area (Å²) in [5, 5.41) is 51.8. The first-order chi connectivity index (χ1) is 5.91. The quantitative estimate of drug-likeness (QED) is 0.283. The summed E-state index contributed by atoms with van der Waals surface area (Å²) in [5.74, 6) is -1.73. The molecule has 0 amide bonds. The maximum absolute atomic E-state index is 10.1. The van der Waals surface area contributed by atoms with Crippen LogP contribution in [0.1, 0.15) is 0 Å². The van der Waals surface area contributed by atoms with Crippen molar-refractivity contribution in [3.8, 4) is 0 Å². The minimum atomic E-state index is -2.20. The second kappa shape index (κ2) is 8.05. The van der Waals surface area contributed by atoms with E-state index >= 15 is 0 Å². The molecule has 0 heterocycles. The summed E-state index contributed by atoms with van der Waals surface area (Å²) < 4.78 is 0. The van der Waals surface area contributed by atoms with Gasteiger partial charge in [-0.2, -0.15) is 0 Å². The van der Waals surface area contributed by atoms with Crippen LogP contribution in [0.15, 0.2) is 0 Å². The van der Waals surface area contributed by atoms with Crippen LogP contribution in [-0.2, 0) is 4.79 Å². The molecule has 2 radical (unpaired) electrons. The van der Waals surface area contributed by atoms with Gasteiger partial charge in [-0.05, 0) is 0 Å². The van der Waals surface area contributed by atoms with Gasteiger partial charge in [0.25, 0.3) is 0 Å². The zero-order valence-electron chi connectivity index (χ0n) is 7.32. The number of aliphatic hydroxyl groups is 5. The van der Waals surface area contributed by atoms with E-state index in [2.05, 4.69) is 0 Å². The number of carbonyl (C=O) groups is 1. The summed E-state index contributed by atoms with van der Waals surface area (Å²) in [6, 6.07) is 0. The Kier molecular flexibility index (Phi) is 9.91. The first-order valence-corrected chi connectivity index (χ1v) is 3.47. The van der Waals surface area contributed by atoms with E-state index in [4.69, 9.17) is 30.6 Å². The van der Waals surface area contributed by atoms with Crippen LogP contribution in [-0.4, -0.2) is 117 Å². The van der Waals surface area contributed by atoms with Gasteiger partial charge in [-0.25, -0.2) is 4.79 Å². The Balaban J connectivity index is 0. The van der Waals surface area contributed by atoms with Crippen LogP contribution in [0.2, 0.25) is 0 Å². The van der Waals surface area contributed by atoms with E-state index < -0.39 is 37.0 Å². The van der Waals surface area contributed by atoms with Crippen LogP contribution in [0.25, 0.3) is 0 Å². The van der Waals surface area contributed by atoms with E-state index in [0.29, 0.717) is 0 Å². The number of carboxylic acid groups (broad SMARTS) is 1. The Hall–Kier alpha value is 0.841. The van der Waals surface area contributed by atoms with Crippen LogP contribution in [0.4, 0.5) is 0 Å². The average Bonchev–Trinajstić information content (AvgIpc) is 2.12. The van der Waals surface area contributed by atoms with Gasteiger partial charge >= 0.3 is 5.97 Å². The number of aliphatic hydroxyl groups excluding tert-OH is 5. The van der Waals surface area contributed by atoms with Gasteiger partial charge in [-0.1, -0.05) is 0 Å². The molecular formula is C6H12BaO7. The zero-order chi connectivity index (χ0) is 10.6. The predicted octanol–water partition coefficient (Wildman–Crippen LogP) is -3.87. The molecule has 0 rings (SSSR count). The minimum absolute atomic E-state index is 0. The van der Waals surface area contributed by atoms with Crippen molar-refractivity contribution in [2.75, 3.05) is 6.61 Å². The van der Waals surface area contributed by atoms with E-state index in [-0.39, 0.29) is 48.9 Å². The van der Waals surface area contributed by atoms with E-state index in [9.17, 15) is 4.79 Å². The van der Waals surface area contributed by atoms with Crippen LogP contribution in [0.5, 0.6) is 0 Å². The van der Waals surface area contributed by atoms with Crippen molar-refractivity contribution in [1.29, 1.82) is 0 Å². The molecule has 0 saturated carbocycles. The van der Waals surface area contributed by atoms with Gasteiger partial charge in [-0.15, -0.1) is 0 Å². The molecule has 0 bridgehead atoms. The molecular weight excluding hydrogens is 321 g/mol. The van der Waals surface area contributed by atoms with Gasteiger partial charge in [0, 0.05) is 48.9 Å². The van der Waals surface area contributed by atoms with Crippen LogP contribution < -0.4 is 0 Å². The normalized spacial score (nSPS) is 18.9. The predicted molar refractivity (Wildman–Crippen MR) is 44.5 cm³/mol. The summed E-state index contributed by atoms with van der Waals surface area (Å²) in [6.07, 6.45) is -7.84. The fourth-order valence-corrected chi connectivity index (χ4v) is 0.668. The van der Waals surface area contributed by atoms with Gasteiger partial charge in [0.15, 0.2) is 6.10 Å². The van der Waals surface area contributed by atoms with Gasteiger partial charge in [-0.3, -0.25) is 0 Å². The Morgan fingerprint density at radius 3 is 1.79 bits per heavy atom. The molecule has 6 N–H and O–H groups in total. The first kappa shape index (κ1) is 17.2. The topological polar surface area (TPSA) is 138 Å². The number of carboxylic acids is 1. The number of hydrogen-bond donors (Lipinski definition) is 6. The van der Waals surface area contributed by atoms with Crippen molar-refractivity contribution < 1.29 is 35.4 Å². The van der Waals surface area contributed by atoms with Crippen molar-refractivity contribution in [3.63, 3.8) is 0 Å². The molecule has 0 aromatic carbocycles. The molecule has 0 aromatic rings. The SMILES string of the molecule is O=C(O)[C@H](O)[C@@H](O)[C@H](O)[C@H](O)CO.[Ba]. The maximum atomic E-state index is 10.1. The molecule has 14 heavy (non-hydrogen) atoms. The maximum Gasteiger partial charge on any atom is 0.335 e. The third kappa shape index (κ3) is 5.07. The Morgan fingerprint density at radius 2 is 1.50 bits per heavy atom. The summed E-state index contributed by atoms with van der Waals surface area (Å²) in [7, 11) is 0. The summed E-state index contributed by atoms with van der Waals surface area (Å²) in [4.78, 5) is 10.1. The van der Waals surface area contributed by atoms with Crippen molar-refractivity contribution in [2.45, 2.75) is 24.4 Å². The Morgan fingerprint density at radius 1 is 1.07 bits per heavy atom. The number of aliphatic carboxylic acids is 1. The standard InChI is InChI=1S/C6H12O7.Ba/c7-1-2(8)3(9)4(10)5(11)6(12)13;/h2-5,7-11H,1H2,(H,12,13);/t2-,3-,4+,5-;/m1./s1. The molecule has 0 aliphatic rings. The molecule has 0 aromatic heterocycles. The summed E-state index contributed by atoms with van der Waals surface area (Å²) >= 11 is 0. The molecule has 4 atom stereocenters. The Bertz CT molecular complexity index is 176. The summed E-state index contributed by atoms with van der Waals surface area (Å²) in [6.45, 7) is -0.843. The minimum Gasteiger partial charge on any atom is -0.479 e. The second-order valence-corrected chi connectivity index (χ2v) is 2.51. The third-order valence-corrected chi connectivity index (χ3v) is 1.51. The van der Waals surface area contributed by atoms with E-state index in [1.54, 1.807) is 0 Å². The fraction of sp³-hybridized carbons (Fsp3) is 0.833. The molecule has 8 heteroatoms. The van der Waals surface area contributed by atoms with Crippen LogP contribution >= 0.6 is 0 Å². The van der Waals surface area contributed by atoms with E-state index in [0.717, 1.165) is 0 Å². The fourth-order valence-electron chi connectivity index (χ4n) is 0.668. The molecule has 0 aliphatic heterocycles. The van der Waals surface area contributed by atoms with E-state index in [1.807, 2.05) is 0 Å². The van der Waals surface area contributed by atoms with Crippen molar-refractivity contribution in [1.82, 2.24) is 0 Å². The molecule has 7 nitrogen and oxygen atoms in total. The molecule has 0 spiro atoms.